The number of hydrogen-bond acceptors (Lipinski definition) is 0. The Kier molecular flexibility index (Phi) is 10.5. The van der Waals surface area contributed by atoms with Crippen molar-refractivity contribution >= 4 is 6.08 Å². The molecule has 0 spiro atoms. The Hall–Kier alpha value is -1.04. The largest absolute Gasteiger partial charge is 0.0985 e. The summed E-state index contributed by atoms with van der Waals surface area (Å²) >= 11 is 0. The van der Waals surface area contributed by atoms with Crippen LogP contribution in [0, 0.1) is 5.41 Å². The molecule has 1 aromatic carbocycles. The van der Waals surface area contributed by atoms with E-state index in [1.165, 1.54) is 24.0 Å². The van der Waals surface area contributed by atoms with Gasteiger partial charge in [0.15, 0.2) is 0 Å². The molecule has 0 bridgehead atoms. The first-order chi connectivity index (χ1) is 8.49. The van der Waals surface area contributed by atoms with Crippen molar-refractivity contribution in [1.29, 1.82) is 0 Å². The Morgan fingerprint density at radius 1 is 1.11 bits per heavy atom. The molecule has 0 saturated heterocycles. The summed E-state index contributed by atoms with van der Waals surface area (Å²) in [6, 6.07) is 8.83. The van der Waals surface area contributed by atoms with Gasteiger partial charge in [0.2, 0.25) is 0 Å². The van der Waals surface area contributed by atoms with Gasteiger partial charge in [-0.3, -0.25) is 0 Å². The van der Waals surface area contributed by atoms with E-state index < -0.39 is 0 Å². The van der Waals surface area contributed by atoms with Crippen LogP contribution in [0.5, 0.6) is 0 Å². The van der Waals surface area contributed by atoms with Gasteiger partial charge in [0.25, 0.3) is 0 Å². The SMILES string of the molecule is C.C=Cc1ccc(C(CCC)C(C)(C)C)cc1.CC. The average molecular weight is 262 g/mol. The van der Waals surface area contributed by atoms with Crippen molar-refractivity contribution in [3.63, 3.8) is 0 Å². The molecule has 0 heteroatoms. The van der Waals surface area contributed by atoms with E-state index in [2.05, 4.69) is 58.5 Å². The predicted octanol–water partition coefficient (Wildman–Crippen LogP) is 6.92. The Labute approximate surface area is 121 Å². The second-order valence-corrected chi connectivity index (χ2v) is 5.58. The number of benzene rings is 1. The molecular formula is C19H34. The molecule has 0 aliphatic carbocycles. The van der Waals surface area contributed by atoms with Gasteiger partial charge in [-0.05, 0) is 28.9 Å². The lowest BCUT2D eigenvalue weighted by Crippen LogP contribution is -2.18. The van der Waals surface area contributed by atoms with Crippen LogP contribution in [0.2, 0.25) is 0 Å². The fourth-order valence-electron chi connectivity index (χ4n) is 2.25. The van der Waals surface area contributed by atoms with Crippen LogP contribution >= 0.6 is 0 Å². The van der Waals surface area contributed by atoms with Crippen LogP contribution in [0.15, 0.2) is 30.8 Å². The zero-order chi connectivity index (χ0) is 14.2. The quantitative estimate of drug-likeness (QED) is 0.552. The molecule has 0 heterocycles. The average Bonchev–Trinajstić information content (AvgIpc) is 2.37. The number of rotatable bonds is 4. The summed E-state index contributed by atoms with van der Waals surface area (Å²) < 4.78 is 0. The first-order valence-electron chi connectivity index (χ1n) is 7.21. The second-order valence-electron chi connectivity index (χ2n) is 5.58. The highest BCUT2D eigenvalue weighted by Gasteiger charge is 2.24. The van der Waals surface area contributed by atoms with Gasteiger partial charge in [0.1, 0.15) is 0 Å². The second kappa shape index (κ2) is 9.83. The minimum atomic E-state index is 0. The van der Waals surface area contributed by atoms with Gasteiger partial charge in [0, 0.05) is 0 Å². The van der Waals surface area contributed by atoms with Crippen LogP contribution in [-0.4, -0.2) is 0 Å². The van der Waals surface area contributed by atoms with Gasteiger partial charge >= 0.3 is 0 Å². The van der Waals surface area contributed by atoms with E-state index in [-0.39, 0.29) is 7.43 Å². The van der Waals surface area contributed by atoms with Gasteiger partial charge in [-0.1, -0.05) is 92.3 Å². The van der Waals surface area contributed by atoms with Crippen LogP contribution in [0.4, 0.5) is 0 Å². The molecule has 0 saturated carbocycles. The summed E-state index contributed by atoms with van der Waals surface area (Å²) in [5.41, 5.74) is 3.00. The third kappa shape index (κ3) is 6.61. The molecule has 1 rings (SSSR count). The van der Waals surface area contributed by atoms with Crippen LogP contribution in [0.25, 0.3) is 6.08 Å². The van der Waals surface area contributed by atoms with Gasteiger partial charge in [0.05, 0.1) is 0 Å². The van der Waals surface area contributed by atoms with Crippen molar-refractivity contribution in [2.75, 3.05) is 0 Å². The molecule has 0 fully saturated rings. The van der Waals surface area contributed by atoms with Crippen LogP contribution in [0.1, 0.15) is 78.9 Å². The first-order valence-corrected chi connectivity index (χ1v) is 7.21. The fourth-order valence-corrected chi connectivity index (χ4v) is 2.25. The highest BCUT2D eigenvalue weighted by Crippen LogP contribution is 2.38. The Balaban J connectivity index is 0. The van der Waals surface area contributed by atoms with E-state index in [1.807, 2.05) is 19.9 Å². The fraction of sp³-hybridized carbons (Fsp3) is 0.579. The summed E-state index contributed by atoms with van der Waals surface area (Å²) in [5.74, 6) is 0.649. The molecule has 0 nitrogen and oxygen atoms in total. The molecule has 0 aliphatic heterocycles. The highest BCUT2D eigenvalue weighted by atomic mass is 14.3. The van der Waals surface area contributed by atoms with E-state index in [1.54, 1.807) is 0 Å². The van der Waals surface area contributed by atoms with Gasteiger partial charge < -0.3 is 0 Å². The maximum absolute atomic E-state index is 3.79. The van der Waals surface area contributed by atoms with Crippen LogP contribution < -0.4 is 0 Å². The molecule has 1 atom stereocenters. The molecule has 110 valence electrons. The van der Waals surface area contributed by atoms with Crippen molar-refractivity contribution in [3.8, 4) is 0 Å². The van der Waals surface area contributed by atoms with E-state index in [9.17, 15) is 0 Å². The summed E-state index contributed by atoms with van der Waals surface area (Å²) in [4.78, 5) is 0. The summed E-state index contributed by atoms with van der Waals surface area (Å²) in [6.45, 7) is 17.0. The maximum atomic E-state index is 3.79. The topological polar surface area (TPSA) is 0 Å². The van der Waals surface area contributed by atoms with Crippen LogP contribution in [0.3, 0.4) is 0 Å². The van der Waals surface area contributed by atoms with Crippen LogP contribution in [-0.2, 0) is 0 Å². The maximum Gasteiger partial charge on any atom is -0.0113 e. The Morgan fingerprint density at radius 2 is 1.58 bits per heavy atom. The highest BCUT2D eigenvalue weighted by molar-refractivity contribution is 5.47. The Bertz CT molecular complexity index is 324. The lowest BCUT2D eigenvalue weighted by molar-refractivity contribution is 0.303. The third-order valence-electron chi connectivity index (χ3n) is 3.20. The summed E-state index contributed by atoms with van der Waals surface area (Å²) in [5, 5.41) is 0. The van der Waals surface area contributed by atoms with E-state index >= 15 is 0 Å². The molecule has 1 unspecified atom stereocenters. The lowest BCUT2D eigenvalue weighted by atomic mass is 9.74. The molecule has 0 amide bonds. The molecule has 0 radical (unpaired) electrons. The van der Waals surface area contributed by atoms with Crippen molar-refractivity contribution in [2.45, 2.75) is 67.7 Å². The van der Waals surface area contributed by atoms with Crippen molar-refractivity contribution in [1.82, 2.24) is 0 Å². The number of hydrogen-bond donors (Lipinski definition) is 0. The summed E-state index contributed by atoms with van der Waals surface area (Å²) in [7, 11) is 0. The zero-order valence-electron chi connectivity index (χ0n) is 13.1. The predicted molar refractivity (Wildman–Crippen MR) is 91.7 cm³/mol. The van der Waals surface area contributed by atoms with Gasteiger partial charge in [-0.2, -0.15) is 0 Å². The minimum Gasteiger partial charge on any atom is -0.0985 e. The van der Waals surface area contributed by atoms with E-state index in [4.69, 9.17) is 0 Å². The van der Waals surface area contributed by atoms with Crippen molar-refractivity contribution < 1.29 is 0 Å². The monoisotopic (exact) mass is 262 g/mol. The molecule has 0 aliphatic rings. The standard InChI is InChI=1S/C16H24.C2H6.CH4/c1-6-8-15(16(3,4)5)14-11-9-13(7-2)10-12-14;1-2;/h7,9-12,15H,2,6,8H2,1,3-5H3;1-2H3;1H4. The molecule has 0 aromatic heterocycles. The first kappa shape index (κ1) is 20.3. The van der Waals surface area contributed by atoms with Gasteiger partial charge in [-0.15, -0.1) is 0 Å². The zero-order valence-corrected chi connectivity index (χ0v) is 13.1. The van der Waals surface area contributed by atoms with Crippen molar-refractivity contribution in [2.24, 2.45) is 5.41 Å². The smallest absolute Gasteiger partial charge is 0.0113 e. The normalized spacial score (nSPS) is 11.7. The lowest BCUT2D eigenvalue weighted by Gasteiger charge is -2.31. The molecule has 19 heavy (non-hydrogen) atoms. The van der Waals surface area contributed by atoms with Gasteiger partial charge in [-0.25, -0.2) is 0 Å². The van der Waals surface area contributed by atoms with Crippen molar-refractivity contribution in [3.05, 3.63) is 42.0 Å². The summed E-state index contributed by atoms with van der Waals surface area (Å²) in [6.07, 6.45) is 4.40. The molecular weight excluding hydrogens is 228 g/mol. The third-order valence-corrected chi connectivity index (χ3v) is 3.20. The molecule has 0 N–H and O–H groups in total. The molecule has 1 aromatic rings. The minimum absolute atomic E-state index is 0. The Morgan fingerprint density at radius 3 is 1.89 bits per heavy atom. The van der Waals surface area contributed by atoms with E-state index in [0.29, 0.717) is 11.3 Å². The van der Waals surface area contributed by atoms with E-state index in [0.717, 1.165) is 0 Å².